The Bertz CT molecular complexity index is 841. The molecule has 1 fully saturated rings. The molecule has 0 aliphatic carbocycles. The molecule has 2 aromatic rings. The molecule has 3 rings (SSSR count). The number of carbonyl (C=O) groups is 1. The third-order valence-electron chi connectivity index (χ3n) is 5.01. The minimum atomic E-state index is 0.104. The first-order chi connectivity index (χ1) is 13.7. The fourth-order valence-electron chi connectivity index (χ4n) is 3.21. The molecule has 0 atom stereocenters. The number of nitrogens with zero attached hydrogens (tertiary/aromatic N) is 4. The summed E-state index contributed by atoms with van der Waals surface area (Å²) in [7, 11) is 0. The predicted octanol–water partition coefficient (Wildman–Crippen LogP) is 4.41. The Kier molecular flexibility index (Phi) is 7.16. The summed E-state index contributed by atoms with van der Waals surface area (Å²) >= 11 is 5.20. The number of piperazine rings is 1. The first-order valence-corrected chi connectivity index (χ1v) is 11.6. The van der Waals surface area contributed by atoms with Gasteiger partial charge in [-0.05, 0) is 52.4 Å². The summed E-state index contributed by atoms with van der Waals surface area (Å²) in [5.74, 6) is 1.02. The second kappa shape index (κ2) is 9.43. The standard InChI is InChI=1S/C21H29BrN4O2S/c1-15-23-24-20(29-15)26-11-9-25(10-12-26)19(27)6-5-13-28-18-8-7-16(14-17(18)22)21(2,3)4/h7-8,14H,5-6,9-13H2,1-4H3. The van der Waals surface area contributed by atoms with E-state index in [0.717, 1.165) is 46.5 Å². The maximum Gasteiger partial charge on any atom is 0.222 e. The maximum atomic E-state index is 12.5. The molecule has 0 unspecified atom stereocenters. The van der Waals surface area contributed by atoms with Crippen molar-refractivity contribution in [1.82, 2.24) is 15.1 Å². The maximum absolute atomic E-state index is 12.5. The van der Waals surface area contributed by atoms with Gasteiger partial charge in [0.15, 0.2) is 0 Å². The van der Waals surface area contributed by atoms with Gasteiger partial charge in [-0.15, -0.1) is 10.2 Å². The molecule has 0 saturated carbocycles. The molecule has 1 amide bonds. The zero-order chi connectivity index (χ0) is 21.0. The molecule has 0 bridgehead atoms. The fourth-order valence-corrected chi connectivity index (χ4v) is 4.44. The third-order valence-corrected chi connectivity index (χ3v) is 6.53. The number of ether oxygens (including phenoxy) is 1. The molecular weight excluding hydrogens is 452 g/mol. The van der Waals surface area contributed by atoms with Crippen molar-refractivity contribution < 1.29 is 9.53 Å². The molecular formula is C21H29BrN4O2S. The van der Waals surface area contributed by atoms with Gasteiger partial charge >= 0.3 is 0 Å². The summed E-state index contributed by atoms with van der Waals surface area (Å²) < 4.78 is 6.84. The molecule has 0 spiro atoms. The van der Waals surface area contributed by atoms with E-state index < -0.39 is 0 Å². The molecule has 1 saturated heterocycles. The number of benzene rings is 1. The van der Waals surface area contributed by atoms with Gasteiger partial charge in [0.2, 0.25) is 11.0 Å². The van der Waals surface area contributed by atoms with E-state index in [9.17, 15) is 4.79 Å². The van der Waals surface area contributed by atoms with Crippen LogP contribution < -0.4 is 9.64 Å². The number of hydrogen-bond acceptors (Lipinski definition) is 6. The molecule has 1 aliphatic heterocycles. The van der Waals surface area contributed by atoms with E-state index in [2.05, 4.69) is 63.9 Å². The van der Waals surface area contributed by atoms with Crippen molar-refractivity contribution in [3.8, 4) is 5.75 Å². The predicted molar refractivity (Wildman–Crippen MR) is 121 cm³/mol. The molecule has 1 aromatic carbocycles. The van der Waals surface area contributed by atoms with E-state index >= 15 is 0 Å². The van der Waals surface area contributed by atoms with Crippen molar-refractivity contribution in [2.24, 2.45) is 0 Å². The van der Waals surface area contributed by atoms with Crippen LogP contribution in [-0.2, 0) is 10.2 Å². The topological polar surface area (TPSA) is 58.6 Å². The molecule has 0 radical (unpaired) electrons. The molecule has 2 heterocycles. The number of aryl methyl sites for hydroxylation is 1. The molecule has 1 aliphatic rings. The van der Waals surface area contributed by atoms with Crippen molar-refractivity contribution >= 4 is 38.3 Å². The zero-order valence-corrected chi connectivity index (χ0v) is 20.0. The van der Waals surface area contributed by atoms with Crippen molar-refractivity contribution in [3.63, 3.8) is 0 Å². The van der Waals surface area contributed by atoms with Crippen LogP contribution in [-0.4, -0.2) is 53.8 Å². The Morgan fingerprint density at radius 1 is 1.21 bits per heavy atom. The highest BCUT2D eigenvalue weighted by molar-refractivity contribution is 9.10. The Labute approximate surface area is 185 Å². The second-order valence-electron chi connectivity index (χ2n) is 8.32. The number of amides is 1. The smallest absolute Gasteiger partial charge is 0.222 e. The lowest BCUT2D eigenvalue weighted by molar-refractivity contribution is -0.131. The van der Waals surface area contributed by atoms with Crippen LogP contribution in [0, 0.1) is 6.92 Å². The summed E-state index contributed by atoms with van der Waals surface area (Å²) in [6.45, 7) is 12.1. The van der Waals surface area contributed by atoms with Crippen LogP contribution in [0.2, 0.25) is 0 Å². The van der Waals surface area contributed by atoms with Crippen LogP contribution >= 0.6 is 27.3 Å². The van der Waals surface area contributed by atoms with Crippen LogP contribution in [0.3, 0.4) is 0 Å². The Morgan fingerprint density at radius 2 is 1.93 bits per heavy atom. The highest BCUT2D eigenvalue weighted by Gasteiger charge is 2.22. The van der Waals surface area contributed by atoms with Gasteiger partial charge in [0.25, 0.3) is 0 Å². The van der Waals surface area contributed by atoms with Crippen molar-refractivity contribution in [2.45, 2.75) is 46.0 Å². The Balaban J connectivity index is 1.39. The Hall–Kier alpha value is -1.67. The molecule has 1 aromatic heterocycles. The van der Waals surface area contributed by atoms with E-state index in [-0.39, 0.29) is 11.3 Å². The molecule has 8 heteroatoms. The molecule has 0 N–H and O–H groups in total. The van der Waals surface area contributed by atoms with Gasteiger partial charge in [0.1, 0.15) is 10.8 Å². The highest BCUT2D eigenvalue weighted by Crippen LogP contribution is 2.31. The monoisotopic (exact) mass is 480 g/mol. The van der Waals surface area contributed by atoms with Gasteiger partial charge in [-0.1, -0.05) is 38.2 Å². The van der Waals surface area contributed by atoms with Crippen LogP contribution in [0.4, 0.5) is 5.13 Å². The summed E-state index contributed by atoms with van der Waals surface area (Å²) in [6.07, 6.45) is 1.22. The van der Waals surface area contributed by atoms with E-state index in [1.807, 2.05) is 17.9 Å². The summed E-state index contributed by atoms with van der Waals surface area (Å²) in [4.78, 5) is 16.6. The summed E-state index contributed by atoms with van der Waals surface area (Å²) in [5, 5.41) is 10.2. The lowest BCUT2D eigenvalue weighted by atomic mass is 9.87. The third kappa shape index (κ3) is 5.92. The van der Waals surface area contributed by atoms with E-state index in [1.54, 1.807) is 11.3 Å². The van der Waals surface area contributed by atoms with Gasteiger partial charge < -0.3 is 14.5 Å². The highest BCUT2D eigenvalue weighted by atomic mass is 79.9. The average molecular weight is 481 g/mol. The molecule has 29 heavy (non-hydrogen) atoms. The second-order valence-corrected chi connectivity index (χ2v) is 10.3. The largest absolute Gasteiger partial charge is 0.492 e. The van der Waals surface area contributed by atoms with Crippen molar-refractivity contribution in [3.05, 3.63) is 33.2 Å². The zero-order valence-electron chi connectivity index (χ0n) is 17.6. The number of anilines is 1. The van der Waals surface area contributed by atoms with Crippen LogP contribution in [0.25, 0.3) is 0 Å². The van der Waals surface area contributed by atoms with Crippen LogP contribution in [0.15, 0.2) is 22.7 Å². The number of hydrogen-bond donors (Lipinski definition) is 0. The molecule has 158 valence electrons. The lowest BCUT2D eigenvalue weighted by Crippen LogP contribution is -2.48. The SMILES string of the molecule is Cc1nnc(N2CCN(C(=O)CCCOc3ccc(C(C)(C)C)cc3Br)CC2)s1. The fraction of sp³-hybridized carbons (Fsp3) is 0.571. The van der Waals surface area contributed by atoms with E-state index in [1.165, 1.54) is 5.56 Å². The quantitative estimate of drug-likeness (QED) is 0.572. The Morgan fingerprint density at radius 3 is 2.52 bits per heavy atom. The van der Waals surface area contributed by atoms with E-state index in [4.69, 9.17) is 4.74 Å². The minimum Gasteiger partial charge on any atom is -0.492 e. The van der Waals surface area contributed by atoms with Gasteiger partial charge in [0, 0.05) is 32.6 Å². The van der Waals surface area contributed by atoms with Crippen molar-refractivity contribution in [2.75, 3.05) is 37.7 Å². The van der Waals surface area contributed by atoms with Gasteiger partial charge in [-0.25, -0.2) is 0 Å². The van der Waals surface area contributed by atoms with Gasteiger partial charge in [-0.3, -0.25) is 4.79 Å². The molecule has 6 nitrogen and oxygen atoms in total. The van der Waals surface area contributed by atoms with Crippen molar-refractivity contribution in [1.29, 1.82) is 0 Å². The van der Waals surface area contributed by atoms with Crippen LogP contribution in [0.1, 0.15) is 44.2 Å². The number of halogens is 1. The lowest BCUT2D eigenvalue weighted by Gasteiger charge is -2.34. The summed E-state index contributed by atoms with van der Waals surface area (Å²) in [5.41, 5.74) is 1.36. The summed E-state index contributed by atoms with van der Waals surface area (Å²) in [6, 6.07) is 6.21. The van der Waals surface area contributed by atoms with Crippen LogP contribution in [0.5, 0.6) is 5.75 Å². The number of rotatable bonds is 6. The van der Waals surface area contributed by atoms with Gasteiger partial charge in [0.05, 0.1) is 11.1 Å². The minimum absolute atomic E-state index is 0.104. The normalized spacial score (nSPS) is 14.9. The van der Waals surface area contributed by atoms with Gasteiger partial charge in [-0.2, -0.15) is 0 Å². The first kappa shape index (κ1) is 22.0. The number of aromatic nitrogens is 2. The first-order valence-electron chi connectivity index (χ1n) is 10.00. The van der Waals surface area contributed by atoms with E-state index in [0.29, 0.717) is 19.4 Å². The average Bonchev–Trinajstić information content (AvgIpc) is 3.11. The number of carbonyl (C=O) groups excluding carboxylic acids is 1.